The van der Waals surface area contributed by atoms with Crippen LogP contribution >= 0.6 is 0 Å². The number of piperidine rings is 1. The number of amides is 1. The molecule has 1 amide bonds. The number of hydrogen-bond acceptors (Lipinski definition) is 4. The van der Waals surface area contributed by atoms with Crippen LogP contribution in [0.1, 0.15) is 40.0 Å². The molecule has 0 radical (unpaired) electrons. The molecule has 1 atom stereocenters. The molecule has 19 heavy (non-hydrogen) atoms. The van der Waals surface area contributed by atoms with E-state index in [0.29, 0.717) is 25.4 Å². The minimum Gasteiger partial charge on any atom is -0.382 e. The molecule has 0 spiro atoms. The van der Waals surface area contributed by atoms with Crippen molar-refractivity contribution in [3.63, 3.8) is 0 Å². The van der Waals surface area contributed by atoms with Crippen LogP contribution in [0.4, 0.5) is 0 Å². The molecule has 1 fully saturated rings. The van der Waals surface area contributed by atoms with Crippen molar-refractivity contribution in [2.45, 2.75) is 46.1 Å². The number of likely N-dealkylation sites (tertiary alicyclic amines) is 1. The molecule has 5 nitrogen and oxygen atoms in total. The van der Waals surface area contributed by atoms with E-state index in [1.54, 1.807) is 0 Å². The minimum absolute atomic E-state index is 0.0133. The third-order valence-corrected chi connectivity index (χ3v) is 4.08. The van der Waals surface area contributed by atoms with Gasteiger partial charge in [0.15, 0.2) is 0 Å². The topological polar surface area (TPSA) is 65.7 Å². The maximum Gasteiger partial charge on any atom is 0.266 e. The van der Waals surface area contributed by atoms with Crippen LogP contribution < -0.4 is 0 Å². The third kappa shape index (κ3) is 2.89. The highest BCUT2D eigenvalue weighted by atomic mass is 16.6. The SMILES string of the molecule is CC(C)C1=NO[C@H](C(=O)N2CCC(C)(C#N)CC2)C1. The fourth-order valence-electron chi connectivity index (χ4n) is 2.41. The summed E-state index contributed by atoms with van der Waals surface area (Å²) in [5.74, 6) is 0.334. The number of hydrogen-bond donors (Lipinski definition) is 0. The van der Waals surface area contributed by atoms with Gasteiger partial charge in [0, 0.05) is 19.5 Å². The normalized spacial score (nSPS) is 25.7. The van der Waals surface area contributed by atoms with E-state index < -0.39 is 6.10 Å². The summed E-state index contributed by atoms with van der Waals surface area (Å²) >= 11 is 0. The summed E-state index contributed by atoms with van der Waals surface area (Å²) < 4.78 is 0. The van der Waals surface area contributed by atoms with Gasteiger partial charge in [-0.15, -0.1) is 0 Å². The van der Waals surface area contributed by atoms with Gasteiger partial charge in [0.2, 0.25) is 6.10 Å². The van der Waals surface area contributed by atoms with Gasteiger partial charge in [0.05, 0.1) is 17.2 Å². The third-order valence-electron chi connectivity index (χ3n) is 4.08. The maximum absolute atomic E-state index is 12.3. The van der Waals surface area contributed by atoms with Gasteiger partial charge in [0.1, 0.15) is 0 Å². The smallest absolute Gasteiger partial charge is 0.266 e. The summed E-state index contributed by atoms with van der Waals surface area (Å²) in [4.78, 5) is 19.4. The molecule has 1 saturated heterocycles. The first-order valence-corrected chi connectivity index (χ1v) is 6.88. The Bertz CT molecular complexity index is 428. The van der Waals surface area contributed by atoms with E-state index in [0.717, 1.165) is 18.6 Å². The van der Waals surface area contributed by atoms with Crippen molar-refractivity contribution in [1.82, 2.24) is 4.90 Å². The number of carbonyl (C=O) groups is 1. The standard InChI is InChI=1S/C14H21N3O2/c1-10(2)11-8-12(19-16-11)13(18)17-6-4-14(3,9-15)5-7-17/h10,12H,4-8H2,1-3H3/t12-/m0/s1. The molecule has 0 bridgehead atoms. The number of oxime groups is 1. The zero-order chi connectivity index (χ0) is 14.0. The second-order valence-corrected chi connectivity index (χ2v) is 6.03. The second-order valence-electron chi connectivity index (χ2n) is 6.03. The minimum atomic E-state index is -0.455. The molecule has 2 rings (SSSR count). The summed E-state index contributed by atoms with van der Waals surface area (Å²) in [6.45, 7) is 7.34. The van der Waals surface area contributed by atoms with E-state index in [4.69, 9.17) is 10.1 Å². The molecular weight excluding hydrogens is 242 g/mol. The Morgan fingerprint density at radius 2 is 2.16 bits per heavy atom. The molecule has 104 valence electrons. The summed E-state index contributed by atoms with van der Waals surface area (Å²) in [6.07, 6.45) is 1.62. The van der Waals surface area contributed by atoms with Crippen LogP contribution in [0.25, 0.3) is 0 Å². The lowest BCUT2D eigenvalue weighted by atomic mass is 9.82. The molecule has 0 aromatic carbocycles. The maximum atomic E-state index is 12.3. The van der Waals surface area contributed by atoms with E-state index in [2.05, 4.69) is 11.2 Å². The summed E-state index contributed by atoms with van der Waals surface area (Å²) in [6, 6.07) is 2.34. The largest absolute Gasteiger partial charge is 0.382 e. The van der Waals surface area contributed by atoms with E-state index in [1.807, 2.05) is 25.7 Å². The lowest BCUT2D eigenvalue weighted by Crippen LogP contribution is -2.46. The predicted molar refractivity (Wildman–Crippen MR) is 71.3 cm³/mol. The van der Waals surface area contributed by atoms with Gasteiger partial charge in [-0.25, -0.2) is 0 Å². The molecular formula is C14H21N3O2. The van der Waals surface area contributed by atoms with Gasteiger partial charge in [-0.05, 0) is 25.7 Å². The molecule has 2 aliphatic heterocycles. The van der Waals surface area contributed by atoms with Crippen molar-refractivity contribution >= 4 is 11.6 Å². The summed E-state index contributed by atoms with van der Waals surface area (Å²) in [7, 11) is 0. The summed E-state index contributed by atoms with van der Waals surface area (Å²) in [5.41, 5.74) is 0.671. The molecule has 0 saturated carbocycles. The number of rotatable bonds is 2. The lowest BCUT2D eigenvalue weighted by molar-refractivity contribution is -0.143. The van der Waals surface area contributed by atoms with Crippen molar-refractivity contribution in [2.24, 2.45) is 16.5 Å². The second kappa shape index (κ2) is 5.20. The highest BCUT2D eigenvalue weighted by Crippen LogP contribution is 2.30. The molecule has 0 aliphatic carbocycles. The Morgan fingerprint density at radius 1 is 1.53 bits per heavy atom. The van der Waals surface area contributed by atoms with Crippen LogP contribution in [0.3, 0.4) is 0 Å². The first-order valence-electron chi connectivity index (χ1n) is 6.88. The molecule has 0 unspecified atom stereocenters. The molecule has 2 aliphatic rings. The predicted octanol–water partition coefficient (Wildman–Crippen LogP) is 1.94. The van der Waals surface area contributed by atoms with Gasteiger partial charge in [-0.1, -0.05) is 19.0 Å². The number of carbonyl (C=O) groups excluding carboxylic acids is 1. The van der Waals surface area contributed by atoms with E-state index >= 15 is 0 Å². The Hall–Kier alpha value is -1.57. The van der Waals surface area contributed by atoms with Gasteiger partial charge in [0.25, 0.3) is 5.91 Å². The highest BCUT2D eigenvalue weighted by Gasteiger charge is 2.37. The van der Waals surface area contributed by atoms with Crippen molar-refractivity contribution < 1.29 is 9.63 Å². The number of nitriles is 1. The average Bonchev–Trinajstić information content (AvgIpc) is 2.88. The quantitative estimate of drug-likeness (QED) is 0.764. The Morgan fingerprint density at radius 3 is 2.63 bits per heavy atom. The van der Waals surface area contributed by atoms with Crippen LogP contribution in [0, 0.1) is 22.7 Å². The zero-order valence-electron chi connectivity index (χ0n) is 11.8. The van der Waals surface area contributed by atoms with Gasteiger partial charge >= 0.3 is 0 Å². The van der Waals surface area contributed by atoms with Crippen molar-refractivity contribution in [2.75, 3.05) is 13.1 Å². The first-order chi connectivity index (χ1) is 8.95. The average molecular weight is 263 g/mol. The number of nitrogens with zero attached hydrogens (tertiary/aromatic N) is 3. The van der Waals surface area contributed by atoms with Gasteiger partial charge in [-0.3, -0.25) is 4.79 Å². The van der Waals surface area contributed by atoms with Gasteiger partial charge in [-0.2, -0.15) is 5.26 Å². The first kappa shape index (κ1) is 13.9. The van der Waals surface area contributed by atoms with Crippen molar-refractivity contribution in [3.05, 3.63) is 0 Å². The Labute approximate surface area is 114 Å². The van der Waals surface area contributed by atoms with Crippen molar-refractivity contribution in [1.29, 1.82) is 5.26 Å². The van der Waals surface area contributed by atoms with Crippen LogP contribution in [-0.4, -0.2) is 35.7 Å². The summed E-state index contributed by atoms with van der Waals surface area (Å²) in [5, 5.41) is 13.1. The fraction of sp³-hybridized carbons (Fsp3) is 0.786. The lowest BCUT2D eigenvalue weighted by Gasteiger charge is -2.35. The van der Waals surface area contributed by atoms with E-state index in [-0.39, 0.29) is 11.3 Å². The van der Waals surface area contributed by atoms with Crippen LogP contribution in [0.2, 0.25) is 0 Å². The van der Waals surface area contributed by atoms with Crippen molar-refractivity contribution in [3.8, 4) is 6.07 Å². The molecule has 0 N–H and O–H groups in total. The van der Waals surface area contributed by atoms with Crippen LogP contribution in [-0.2, 0) is 9.63 Å². The Balaban J connectivity index is 1.88. The van der Waals surface area contributed by atoms with Crippen LogP contribution in [0.5, 0.6) is 0 Å². The molecule has 0 aromatic rings. The monoisotopic (exact) mass is 263 g/mol. The molecule has 5 heteroatoms. The van der Waals surface area contributed by atoms with Gasteiger partial charge < -0.3 is 9.74 Å². The highest BCUT2D eigenvalue weighted by molar-refractivity contribution is 5.93. The molecule has 0 aromatic heterocycles. The fourth-order valence-corrected chi connectivity index (χ4v) is 2.41. The zero-order valence-corrected chi connectivity index (χ0v) is 11.8. The van der Waals surface area contributed by atoms with Crippen LogP contribution in [0.15, 0.2) is 5.16 Å². The molecule has 2 heterocycles. The Kier molecular flexibility index (Phi) is 3.79. The van der Waals surface area contributed by atoms with E-state index in [1.165, 1.54) is 0 Å². The van der Waals surface area contributed by atoms with E-state index in [9.17, 15) is 4.79 Å².